The van der Waals surface area contributed by atoms with E-state index in [1.165, 1.54) is 18.4 Å². The topological polar surface area (TPSA) is 83.5 Å². The minimum atomic E-state index is -2.27. The summed E-state index contributed by atoms with van der Waals surface area (Å²) in [7, 11) is -3.37. The van der Waals surface area contributed by atoms with E-state index in [1.807, 2.05) is 0 Å². The first-order valence-corrected chi connectivity index (χ1v) is 6.60. The smallest absolute Gasteiger partial charge is 0.253 e. The number of allylic oxidation sites excluding steroid dienone is 2. The lowest BCUT2D eigenvalue weighted by Crippen LogP contribution is -2.32. The molecule has 1 aliphatic rings. The van der Waals surface area contributed by atoms with Crippen molar-refractivity contribution in [2.45, 2.75) is 13.0 Å². The lowest BCUT2D eigenvalue weighted by molar-refractivity contribution is -0.127. The zero-order valence-electron chi connectivity index (χ0n) is 7.30. The van der Waals surface area contributed by atoms with Crippen LogP contribution in [0.15, 0.2) is 22.6 Å². The van der Waals surface area contributed by atoms with Gasteiger partial charge in [0, 0.05) is 9.45 Å². The van der Waals surface area contributed by atoms with Crippen LogP contribution in [0.1, 0.15) is 6.92 Å². The third-order valence-electron chi connectivity index (χ3n) is 1.44. The fourth-order valence-electron chi connectivity index (χ4n) is 0.775. The summed E-state index contributed by atoms with van der Waals surface area (Å²) in [4.78, 5) is 11.0. The summed E-state index contributed by atoms with van der Waals surface area (Å²) in [5, 5.41) is 13.0. The molecule has 0 bridgehead atoms. The second-order valence-corrected chi connectivity index (χ2v) is 6.14. The summed E-state index contributed by atoms with van der Waals surface area (Å²) in [6, 6.07) is 0. The molecule has 0 saturated heterocycles. The van der Waals surface area contributed by atoms with Gasteiger partial charge in [0.15, 0.2) is 0 Å². The Kier molecular flexibility index (Phi) is 3.62. The lowest BCUT2D eigenvalue weighted by atomic mass is 10.4. The Morgan fingerprint density at radius 2 is 2.29 bits per heavy atom. The summed E-state index contributed by atoms with van der Waals surface area (Å²) in [5.41, 5.74) is 0. The summed E-state index contributed by atoms with van der Waals surface area (Å²) in [6.45, 7) is 1.31. The highest BCUT2D eigenvalue weighted by atomic mass is 32.9. The summed E-state index contributed by atoms with van der Waals surface area (Å²) in [5.74, 6) is -0.608. The molecule has 7 heteroatoms. The summed E-state index contributed by atoms with van der Waals surface area (Å²) < 4.78 is 21.3. The van der Waals surface area contributed by atoms with Gasteiger partial charge < -0.3 is 10.4 Å². The average Bonchev–Trinajstić information content (AvgIpc) is 2.52. The zero-order chi connectivity index (χ0) is 10.7. The van der Waals surface area contributed by atoms with Crippen molar-refractivity contribution < 1.29 is 18.3 Å². The third kappa shape index (κ3) is 2.53. The number of amides is 1. The second kappa shape index (κ2) is 4.54. The molecule has 0 radical (unpaired) electrons. The molecule has 2 atom stereocenters. The van der Waals surface area contributed by atoms with Crippen molar-refractivity contribution in [2.75, 3.05) is 0 Å². The first-order valence-electron chi connectivity index (χ1n) is 3.72. The van der Waals surface area contributed by atoms with E-state index in [0.29, 0.717) is 5.03 Å². The average molecular weight is 235 g/mol. The molecular weight excluding hydrogens is 226 g/mol. The van der Waals surface area contributed by atoms with Crippen LogP contribution >= 0.6 is 0 Å². The Morgan fingerprint density at radius 3 is 2.79 bits per heavy atom. The van der Waals surface area contributed by atoms with Gasteiger partial charge >= 0.3 is 0 Å². The Balaban J connectivity index is 2.84. The van der Waals surface area contributed by atoms with Crippen molar-refractivity contribution in [3.05, 3.63) is 22.6 Å². The highest BCUT2D eigenvalue weighted by molar-refractivity contribution is 8.37. The lowest BCUT2D eigenvalue weighted by Gasteiger charge is -2.07. The second-order valence-electron chi connectivity index (χ2n) is 2.53. The van der Waals surface area contributed by atoms with Gasteiger partial charge in [-0.3, -0.25) is 4.79 Å². The van der Waals surface area contributed by atoms with Crippen LogP contribution in [-0.2, 0) is 23.5 Å². The number of nitrogens with one attached hydrogen (secondary N) is 1. The van der Waals surface area contributed by atoms with Crippen LogP contribution in [0.5, 0.6) is 0 Å². The third-order valence-corrected chi connectivity index (χ3v) is 4.56. The quantitative estimate of drug-likeness (QED) is 0.660. The first kappa shape index (κ1) is 11.2. The molecule has 1 heterocycles. The molecule has 1 rings (SSSR count). The van der Waals surface area contributed by atoms with Gasteiger partial charge in [-0.25, -0.2) is 0 Å². The molecule has 0 aromatic carbocycles. The molecule has 0 aromatic rings. The maximum atomic E-state index is 11.0. The molecule has 1 aliphatic heterocycles. The van der Waals surface area contributed by atoms with Crippen LogP contribution in [0.4, 0.5) is 0 Å². The van der Waals surface area contributed by atoms with Gasteiger partial charge in [-0.05, 0) is 18.4 Å². The van der Waals surface area contributed by atoms with Crippen LogP contribution in [-0.4, -0.2) is 25.5 Å². The highest BCUT2D eigenvalue weighted by Gasteiger charge is 2.14. The van der Waals surface area contributed by atoms with Crippen molar-refractivity contribution in [1.82, 2.24) is 5.32 Å². The number of aliphatic hydroxyl groups is 1. The van der Waals surface area contributed by atoms with Gasteiger partial charge in [0.2, 0.25) is 0 Å². The maximum Gasteiger partial charge on any atom is 0.253 e. The van der Waals surface area contributed by atoms with E-state index in [-0.39, 0.29) is 0 Å². The Hall–Kier alpha value is -0.920. The van der Waals surface area contributed by atoms with Crippen LogP contribution in [0.25, 0.3) is 0 Å². The van der Waals surface area contributed by atoms with Gasteiger partial charge in [-0.15, -0.1) is 0 Å². The largest absolute Gasteiger partial charge is 0.384 e. The number of carbonyl (C=O) groups is 1. The van der Waals surface area contributed by atoms with Crippen LogP contribution in [0.2, 0.25) is 0 Å². The van der Waals surface area contributed by atoms with Gasteiger partial charge in [0.05, 0.1) is 5.03 Å². The van der Waals surface area contributed by atoms with Gasteiger partial charge in [-0.1, -0.05) is 6.08 Å². The maximum absolute atomic E-state index is 11.0. The van der Waals surface area contributed by atoms with E-state index >= 15 is 0 Å². The number of hydrogen-bond acceptors (Lipinski definition) is 4. The van der Waals surface area contributed by atoms with Crippen LogP contribution in [0.3, 0.4) is 0 Å². The Bertz CT molecular complexity index is 436. The Morgan fingerprint density at radius 1 is 1.64 bits per heavy atom. The Labute approximate surface area is 84.3 Å². The van der Waals surface area contributed by atoms with Crippen LogP contribution in [0, 0.1) is 0 Å². The number of aliphatic hydroxyl groups excluding tert-OH is 1. The predicted octanol–water partition coefficient (Wildman–Crippen LogP) is -0.735. The first-order chi connectivity index (χ1) is 6.52. The van der Waals surface area contributed by atoms with Crippen molar-refractivity contribution in [1.29, 1.82) is 0 Å². The van der Waals surface area contributed by atoms with Gasteiger partial charge in [-0.2, -0.15) is 8.42 Å². The predicted molar refractivity (Wildman–Crippen MR) is 53.3 cm³/mol. The number of hydrogen-bond donors (Lipinski definition) is 2. The number of rotatable bonds is 2. The zero-order valence-corrected chi connectivity index (χ0v) is 8.93. The molecule has 0 fully saturated rings. The van der Waals surface area contributed by atoms with Crippen molar-refractivity contribution in [3.8, 4) is 0 Å². The summed E-state index contributed by atoms with van der Waals surface area (Å²) in [6.07, 6.45) is 1.90. The van der Waals surface area contributed by atoms with E-state index < -0.39 is 30.7 Å². The molecular formula is C7H9NO4S2. The minimum Gasteiger partial charge on any atom is -0.384 e. The van der Waals surface area contributed by atoms with Gasteiger partial charge in [0.25, 0.3) is 15.2 Å². The van der Waals surface area contributed by atoms with Crippen LogP contribution < -0.4 is 5.32 Å². The molecule has 78 valence electrons. The molecule has 0 aliphatic carbocycles. The fraction of sp³-hybridized carbons (Fsp3) is 0.286. The van der Waals surface area contributed by atoms with E-state index in [9.17, 15) is 13.2 Å². The molecule has 1 amide bonds. The van der Waals surface area contributed by atoms with E-state index in [4.69, 9.17) is 5.11 Å². The normalized spacial score (nSPS) is 21.6. The molecule has 0 aromatic heterocycles. The number of carbonyl (C=O) groups excluding carboxylic acids is 1. The minimum absolute atomic E-state index is 0.296. The van der Waals surface area contributed by atoms with E-state index in [0.717, 1.165) is 0 Å². The molecule has 14 heavy (non-hydrogen) atoms. The summed E-state index contributed by atoms with van der Waals surface area (Å²) >= 11 is 0. The van der Waals surface area contributed by atoms with Gasteiger partial charge in [0.1, 0.15) is 6.10 Å². The fourth-order valence-corrected chi connectivity index (χ4v) is 2.99. The van der Waals surface area contributed by atoms with E-state index in [2.05, 4.69) is 5.32 Å². The monoisotopic (exact) mass is 235 g/mol. The standard InChI is InChI=1S/C7H9NO4S2/c1-5(9)7(10)8-6-3-2-4-13(6)14(11)12/h2-5,9H,1H3,(H,8,10). The van der Waals surface area contributed by atoms with Crippen molar-refractivity contribution in [3.63, 3.8) is 0 Å². The molecule has 0 saturated carbocycles. The SMILES string of the molecule is CC(O)C(=O)NC1=CC=CS1=S(=O)=O. The molecule has 2 unspecified atom stereocenters. The molecule has 2 N–H and O–H groups in total. The van der Waals surface area contributed by atoms with Crippen molar-refractivity contribution in [2.24, 2.45) is 0 Å². The highest BCUT2D eigenvalue weighted by Crippen LogP contribution is 2.09. The van der Waals surface area contributed by atoms with E-state index in [1.54, 1.807) is 6.08 Å². The molecule has 5 nitrogen and oxygen atoms in total. The molecule has 0 spiro atoms. The van der Waals surface area contributed by atoms with Crippen molar-refractivity contribution >= 4 is 24.6 Å².